The first kappa shape index (κ1) is 19.8. The number of hydrogen-bond donors (Lipinski definition) is 2. The third kappa shape index (κ3) is 6.08. The number of benzene rings is 2. The molecule has 0 aliphatic heterocycles. The Bertz CT molecular complexity index is 740. The van der Waals surface area contributed by atoms with Crippen molar-refractivity contribution in [3.8, 4) is 5.75 Å². The van der Waals surface area contributed by atoms with Crippen molar-refractivity contribution in [2.75, 3.05) is 19.7 Å². The Kier molecular flexibility index (Phi) is 7.48. The Morgan fingerprint density at radius 3 is 2.27 bits per heavy atom. The van der Waals surface area contributed by atoms with Crippen LogP contribution in [0.1, 0.15) is 27.9 Å². The van der Waals surface area contributed by atoms with Crippen LogP contribution in [0, 0.1) is 13.8 Å². The van der Waals surface area contributed by atoms with Gasteiger partial charge >= 0.3 is 0 Å². The Labute approximate surface area is 158 Å². The van der Waals surface area contributed by atoms with Crippen LogP contribution in [0.2, 0.25) is 5.02 Å². The minimum absolute atomic E-state index is 0.133. The average molecular weight is 375 g/mol. The highest BCUT2D eigenvalue weighted by atomic mass is 35.5. The summed E-state index contributed by atoms with van der Waals surface area (Å²) in [5, 5.41) is 6.06. The molecule has 6 heteroatoms. The molecule has 0 radical (unpaired) electrons. The molecule has 2 amide bonds. The number of carbonyl (C=O) groups is 2. The molecule has 0 aliphatic carbocycles. The van der Waals surface area contributed by atoms with Crippen molar-refractivity contribution in [1.29, 1.82) is 0 Å². The van der Waals surface area contributed by atoms with Gasteiger partial charge in [0, 0.05) is 23.6 Å². The van der Waals surface area contributed by atoms with Crippen LogP contribution in [0.25, 0.3) is 0 Å². The van der Waals surface area contributed by atoms with Gasteiger partial charge in [0.1, 0.15) is 12.4 Å². The number of carbonyl (C=O) groups excluding carboxylic acids is 2. The fraction of sp³-hybridized carbons (Fsp3) is 0.300. The van der Waals surface area contributed by atoms with Crippen LogP contribution in [0.3, 0.4) is 0 Å². The van der Waals surface area contributed by atoms with E-state index in [2.05, 4.69) is 10.6 Å². The Balaban J connectivity index is 1.63. The lowest BCUT2D eigenvalue weighted by Crippen LogP contribution is -2.32. The monoisotopic (exact) mass is 374 g/mol. The molecular formula is C20H23ClN2O3. The largest absolute Gasteiger partial charge is 0.491 e. The summed E-state index contributed by atoms with van der Waals surface area (Å²) >= 11 is 5.78. The van der Waals surface area contributed by atoms with Crippen LogP contribution in [0.15, 0.2) is 42.5 Å². The minimum atomic E-state index is -0.229. The Hall–Kier alpha value is -2.53. The predicted molar refractivity (Wildman–Crippen MR) is 103 cm³/mol. The van der Waals surface area contributed by atoms with Gasteiger partial charge in [0.2, 0.25) is 5.91 Å². The zero-order valence-electron chi connectivity index (χ0n) is 15.0. The number of hydrogen-bond acceptors (Lipinski definition) is 3. The fourth-order valence-electron chi connectivity index (χ4n) is 2.45. The highest BCUT2D eigenvalue weighted by Crippen LogP contribution is 2.21. The minimum Gasteiger partial charge on any atom is -0.491 e. The fourth-order valence-corrected chi connectivity index (χ4v) is 2.58. The number of amides is 2. The van der Waals surface area contributed by atoms with Crippen molar-refractivity contribution in [3.63, 3.8) is 0 Å². The molecule has 0 unspecified atom stereocenters. The van der Waals surface area contributed by atoms with Gasteiger partial charge in [-0.2, -0.15) is 0 Å². The first-order valence-electron chi connectivity index (χ1n) is 8.47. The van der Waals surface area contributed by atoms with Crippen molar-refractivity contribution in [2.24, 2.45) is 0 Å². The summed E-state index contributed by atoms with van der Waals surface area (Å²) in [7, 11) is 0. The first-order chi connectivity index (χ1) is 12.5. The summed E-state index contributed by atoms with van der Waals surface area (Å²) in [6.45, 7) is 5.06. The van der Waals surface area contributed by atoms with E-state index in [1.807, 2.05) is 32.0 Å². The second kappa shape index (κ2) is 9.82. The standard InChI is InChI=1S/C20H23ClN2O3/c1-14-4-3-5-15(2)19(14)26-13-12-22-18(24)10-11-23-20(25)16-6-8-17(21)9-7-16/h3-9H,10-13H2,1-2H3,(H,22,24)(H,23,25). The average Bonchev–Trinajstić information content (AvgIpc) is 2.61. The number of rotatable bonds is 8. The third-order valence-electron chi connectivity index (χ3n) is 3.82. The Morgan fingerprint density at radius 1 is 0.962 bits per heavy atom. The van der Waals surface area contributed by atoms with Gasteiger partial charge in [-0.15, -0.1) is 0 Å². The van der Waals surface area contributed by atoms with E-state index in [4.69, 9.17) is 16.3 Å². The maximum atomic E-state index is 11.9. The number of ether oxygens (including phenoxy) is 1. The summed E-state index contributed by atoms with van der Waals surface area (Å²) in [4.78, 5) is 23.7. The molecule has 138 valence electrons. The number of nitrogens with one attached hydrogen (secondary N) is 2. The van der Waals surface area contributed by atoms with E-state index in [0.29, 0.717) is 23.7 Å². The van der Waals surface area contributed by atoms with Gasteiger partial charge in [0.25, 0.3) is 5.91 Å². The number of para-hydroxylation sites is 1. The molecule has 26 heavy (non-hydrogen) atoms. The second-order valence-corrected chi connectivity index (χ2v) is 6.37. The Morgan fingerprint density at radius 2 is 1.62 bits per heavy atom. The maximum Gasteiger partial charge on any atom is 0.251 e. The highest BCUT2D eigenvalue weighted by Gasteiger charge is 2.07. The molecule has 0 spiro atoms. The van der Waals surface area contributed by atoms with E-state index in [1.165, 1.54) is 0 Å². The molecular weight excluding hydrogens is 352 g/mol. The van der Waals surface area contributed by atoms with Crippen LogP contribution < -0.4 is 15.4 Å². The van der Waals surface area contributed by atoms with E-state index >= 15 is 0 Å². The molecule has 2 aromatic rings. The summed E-state index contributed by atoms with van der Waals surface area (Å²) in [5.41, 5.74) is 2.65. The van der Waals surface area contributed by atoms with Gasteiger partial charge < -0.3 is 15.4 Å². The third-order valence-corrected chi connectivity index (χ3v) is 4.08. The van der Waals surface area contributed by atoms with Gasteiger partial charge in [0.05, 0.1) is 6.54 Å². The van der Waals surface area contributed by atoms with Crippen molar-refractivity contribution in [2.45, 2.75) is 20.3 Å². The van der Waals surface area contributed by atoms with Crippen molar-refractivity contribution < 1.29 is 14.3 Å². The number of aryl methyl sites for hydroxylation is 2. The molecule has 2 aromatic carbocycles. The van der Waals surface area contributed by atoms with Gasteiger partial charge in [-0.05, 0) is 49.2 Å². The van der Waals surface area contributed by atoms with Gasteiger partial charge in [-0.1, -0.05) is 29.8 Å². The molecule has 0 atom stereocenters. The van der Waals surface area contributed by atoms with Crippen LogP contribution in [0.5, 0.6) is 5.75 Å². The van der Waals surface area contributed by atoms with Gasteiger partial charge in [0.15, 0.2) is 0 Å². The molecule has 0 heterocycles. The van der Waals surface area contributed by atoms with Crippen molar-refractivity contribution in [1.82, 2.24) is 10.6 Å². The lowest BCUT2D eigenvalue weighted by Gasteiger charge is -2.12. The molecule has 0 aliphatic rings. The van der Waals surface area contributed by atoms with E-state index in [-0.39, 0.29) is 24.8 Å². The van der Waals surface area contributed by atoms with Crippen LogP contribution in [-0.2, 0) is 4.79 Å². The normalized spacial score (nSPS) is 10.3. The van der Waals surface area contributed by atoms with Crippen LogP contribution in [-0.4, -0.2) is 31.5 Å². The molecule has 2 N–H and O–H groups in total. The molecule has 0 saturated heterocycles. The maximum absolute atomic E-state index is 11.9. The summed E-state index contributed by atoms with van der Waals surface area (Å²) in [6.07, 6.45) is 0.211. The molecule has 5 nitrogen and oxygen atoms in total. The van der Waals surface area contributed by atoms with Crippen molar-refractivity contribution in [3.05, 3.63) is 64.2 Å². The highest BCUT2D eigenvalue weighted by molar-refractivity contribution is 6.30. The molecule has 0 saturated carbocycles. The van der Waals surface area contributed by atoms with Crippen molar-refractivity contribution >= 4 is 23.4 Å². The lowest BCUT2D eigenvalue weighted by molar-refractivity contribution is -0.121. The molecule has 0 bridgehead atoms. The zero-order valence-corrected chi connectivity index (χ0v) is 15.7. The second-order valence-electron chi connectivity index (χ2n) is 5.93. The topological polar surface area (TPSA) is 67.4 Å². The lowest BCUT2D eigenvalue weighted by atomic mass is 10.1. The van der Waals surface area contributed by atoms with Gasteiger partial charge in [-0.3, -0.25) is 9.59 Å². The zero-order chi connectivity index (χ0) is 18.9. The molecule has 0 aromatic heterocycles. The SMILES string of the molecule is Cc1cccc(C)c1OCCNC(=O)CCNC(=O)c1ccc(Cl)cc1. The first-order valence-corrected chi connectivity index (χ1v) is 8.84. The van der Waals surface area contributed by atoms with E-state index in [9.17, 15) is 9.59 Å². The van der Waals surface area contributed by atoms with Crippen LogP contribution >= 0.6 is 11.6 Å². The molecule has 0 fully saturated rings. The summed E-state index contributed by atoms with van der Waals surface area (Å²) in [6, 6.07) is 12.6. The van der Waals surface area contributed by atoms with E-state index in [0.717, 1.165) is 16.9 Å². The van der Waals surface area contributed by atoms with Gasteiger partial charge in [-0.25, -0.2) is 0 Å². The predicted octanol–water partition coefficient (Wildman–Crippen LogP) is 3.27. The molecule has 2 rings (SSSR count). The van der Waals surface area contributed by atoms with Crippen LogP contribution in [0.4, 0.5) is 0 Å². The smallest absolute Gasteiger partial charge is 0.251 e. The quantitative estimate of drug-likeness (QED) is 0.697. The number of halogens is 1. The van der Waals surface area contributed by atoms with E-state index in [1.54, 1.807) is 24.3 Å². The summed E-state index contributed by atoms with van der Waals surface area (Å²) in [5.74, 6) is 0.497. The van der Waals surface area contributed by atoms with E-state index < -0.39 is 0 Å². The summed E-state index contributed by atoms with van der Waals surface area (Å²) < 4.78 is 5.73.